The molecule has 1 heterocycles. The molecule has 0 saturated heterocycles. The molecule has 0 atom stereocenters. The van der Waals surface area contributed by atoms with E-state index in [1.807, 2.05) is 0 Å². The second-order valence-electron chi connectivity index (χ2n) is 7.31. The summed E-state index contributed by atoms with van der Waals surface area (Å²) in [5.41, 5.74) is 0. The summed E-state index contributed by atoms with van der Waals surface area (Å²) >= 11 is 0. The van der Waals surface area contributed by atoms with Gasteiger partial charge in [-0.3, -0.25) is 4.98 Å². The molecule has 0 aliphatic heterocycles. The van der Waals surface area contributed by atoms with E-state index in [1.54, 1.807) is 0 Å². The summed E-state index contributed by atoms with van der Waals surface area (Å²) in [7, 11) is 0. The van der Waals surface area contributed by atoms with Crippen LogP contribution in [-0.4, -0.2) is 57.8 Å². The van der Waals surface area contributed by atoms with Gasteiger partial charge in [-0.1, -0.05) is 160 Å². The van der Waals surface area contributed by atoms with Crippen molar-refractivity contribution in [2.45, 2.75) is 160 Å². The quantitative estimate of drug-likeness (QED) is 0.276. The Morgan fingerprint density at radius 2 is 0.714 bits per heavy atom. The van der Waals surface area contributed by atoms with Gasteiger partial charge in [0.25, 0.3) is 0 Å². The maximum atomic E-state index is 11.9. The van der Waals surface area contributed by atoms with Crippen LogP contribution in [0.3, 0.4) is 0 Å². The smallest absolute Gasteiger partial charge is 0.152 e. The molecule has 212 valence electrons. The van der Waals surface area contributed by atoms with Crippen LogP contribution >= 0.6 is 0 Å². The Kier molecular flexibility index (Phi) is 102. The Hall–Kier alpha value is 0.207. The average Bonchev–Trinajstić information content (AvgIpc) is 2.87. The topological polar surface area (TPSA) is 71.9 Å². The van der Waals surface area contributed by atoms with Crippen molar-refractivity contribution < 1.29 is 14.6 Å². The minimum absolute atomic E-state index is 0. The van der Waals surface area contributed by atoms with Crippen molar-refractivity contribution >= 4 is 47.8 Å². The summed E-state index contributed by atoms with van der Waals surface area (Å²) in [5, 5.41) is 20.2. The first-order valence-corrected chi connectivity index (χ1v) is 13.6. The molecule has 0 N–H and O–H groups in total. The van der Waals surface area contributed by atoms with Crippen LogP contribution in [0, 0.1) is 5.82 Å². The van der Waals surface area contributed by atoms with Crippen molar-refractivity contribution in [2.24, 2.45) is 0 Å². The van der Waals surface area contributed by atoms with Gasteiger partial charge < -0.3 is 10.2 Å². The molecule has 0 unspecified atom stereocenters. The molecule has 1 rings (SSSR count). The fraction of sp³-hybridized carbons (Fsp3) is 0.857. The normalized spacial score (nSPS) is 7.57. The Labute approximate surface area is 255 Å². The van der Waals surface area contributed by atoms with E-state index in [0.29, 0.717) is 6.20 Å². The fourth-order valence-corrected chi connectivity index (χ4v) is 0.336. The standard InChI is InChI=1S/C4H3FN2O2.6C4H10.2Sn/c5-2-1-6-4(9)7-3(2)8;6*1-3-4-2;;/h1H,(H2,6,7,8,9);6*3-4H2,1-2H3;;/p-2. The van der Waals surface area contributed by atoms with Gasteiger partial charge in [-0.05, 0) is 0 Å². The van der Waals surface area contributed by atoms with Crippen molar-refractivity contribution in [3.8, 4) is 11.9 Å². The SMILES string of the molecule is CCCC.CCCC.CCCC.CCCC.CCCC.CCCC.[O-]c1ncc(F)c([O-])n1.[Sn].[Sn]. The van der Waals surface area contributed by atoms with Gasteiger partial charge in [0, 0.05) is 53.7 Å². The number of rotatable bonds is 6. The van der Waals surface area contributed by atoms with Gasteiger partial charge in [-0.15, -0.1) is 0 Å². The van der Waals surface area contributed by atoms with Gasteiger partial charge in [0.15, 0.2) is 5.82 Å². The molecule has 1 aromatic rings. The number of aromatic nitrogens is 2. The van der Waals surface area contributed by atoms with Crippen LogP contribution in [0.1, 0.15) is 160 Å². The third-order valence-corrected chi connectivity index (χ3v) is 3.69. The molecule has 0 aliphatic carbocycles. The molecular weight excluding hydrogens is 653 g/mol. The molecule has 0 saturated carbocycles. The third kappa shape index (κ3) is 96.2. The Morgan fingerprint density at radius 3 is 0.829 bits per heavy atom. The van der Waals surface area contributed by atoms with Crippen molar-refractivity contribution in [3.63, 3.8) is 0 Å². The molecule has 0 spiro atoms. The molecule has 0 bridgehead atoms. The Bertz CT molecular complexity index is 360. The summed E-state index contributed by atoms with van der Waals surface area (Å²) in [6.45, 7) is 26.2. The number of hydrogen-bond donors (Lipinski definition) is 0. The summed E-state index contributed by atoms with van der Waals surface area (Å²) in [6, 6.07) is -0.957. The second-order valence-corrected chi connectivity index (χ2v) is 7.31. The predicted octanol–water partition coefficient (Wildman–Crippen LogP) is 8.84. The van der Waals surface area contributed by atoms with E-state index in [-0.39, 0.29) is 47.8 Å². The summed E-state index contributed by atoms with van der Waals surface area (Å²) in [6.07, 6.45) is 16.4. The molecule has 4 nitrogen and oxygen atoms in total. The van der Waals surface area contributed by atoms with E-state index in [0.717, 1.165) is 0 Å². The van der Waals surface area contributed by atoms with Crippen LogP contribution in [0.4, 0.5) is 4.39 Å². The largest absolute Gasteiger partial charge is 0.857 e. The van der Waals surface area contributed by atoms with E-state index in [2.05, 4.69) is 93.1 Å². The zero-order valence-electron chi connectivity index (χ0n) is 25.7. The molecule has 8 radical (unpaired) electrons. The minimum Gasteiger partial charge on any atom is -0.857 e. The van der Waals surface area contributed by atoms with Crippen molar-refractivity contribution in [1.82, 2.24) is 9.97 Å². The van der Waals surface area contributed by atoms with E-state index in [9.17, 15) is 14.6 Å². The molecule has 7 heteroatoms. The molecule has 35 heavy (non-hydrogen) atoms. The Balaban J connectivity index is -0.0000000417. The average molecular weight is 714 g/mol. The molecule has 0 aliphatic rings. The second kappa shape index (κ2) is 64.4. The number of unbranched alkanes of at least 4 members (excludes halogenated alkanes) is 6. The number of halogens is 1. The summed E-state index contributed by atoms with van der Waals surface area (Å²) in [5.74, 6) is -2.26. The van der Waals surface area contributed by atoms with E-state index < -0.39 is 17.7 Å². The van der Waals surface area contributed by atoms with Gasteiger partial charge >= 0.3 is 0 Å². The molecular formula is C28H61FN2O2Sn2-2. The van der Waals surface area contributed by atoms with Crippen molar-refractivity contribution in [1.29, 1.82) is 0 Å². The predicted molar refractivity (Wildman–Crippen MR) is 156 cm³/mol. The van der Waals surface area contributed by atoms with Gasteiger partial charge in [0.05, 0.1) is 12.2 Å². The Morgan fingerprint density at radius 1 is 0.514 bits per heavy atom. The van der Waals surface area contributed by atoms with E-state index in [4.69, 9.17) is 0 Å². The molecule has 0 aromatic carbocycles. The van der Waals surface area contributed by atoms with Crippen LogP contribution in [-0.2, 0) is 0 Å². The van der Waals surface area contributed by atoms with Gasteiger partial charge in [0.2, 0.25) is 0 Å². The molecule has 0 fully saturated rings. The first-order valence-electron chi connectivity index (χ1n) is 13.6. The van der Waals surface area contributed by atoms with Crippen molar-refractivity contribution in [3.05, 3.63) is 12.0 Å². The van der Waals surface area contributed by atoms with Crippen LogP contribution in [0.15, 0.2) is 6.20 Å². The van der Waals surface area contributed by atoms with Crippen LogP contribution in [0.5, 0.6) is 11.9 Å². The molecule has 0 amide bonds. The van der Waals surface area contributed by atoms with Crippen LogP contribution in [0.2, 0.25) is 0 Å². The zero-order chi connectivity index (χ0) is 27.3. The van der Waals surface area contributed by atoms with E-state index >= 15 is 0 Å². The number of hydrogen-bond acceptors (Lipinski definition) is 4. The molecule has 1 aromatic heterocycles. The van der Waals surface area contributed by atoms with Crippen LogP contribution < -0.4 is 10.2 Å². The number of nitrogens with zero attached hydrogens (tertiary/aromatic N) is 2. The van der Waals surface area contributed by atoms with Gasteiger partial charge in [0.1, 0.15) is 0 Å². The monoisotopic (exact) mass is 716 g/mol. The van der Waals surface area contributed by atoms with E-state index in [1.165, 1.54) is 77.0 Å². The van der Waals surface area contributed by atoms with Gasteiger partial charge in [-0.25, -0.2) is 9.37 Å². The van der Waals surface area contributed by atoms with Crippen LogP contribution in [0.25, 0.3) is 0 Å². The summed E-state index contributed by atoms with van der Waals surface area (Å²) < 4.78 is 11.9. The first kappa shape index (κ1) is 55.7. The van der Waals surface area contributed by atoms with Crippen molar-refractivity contribution in [2.75, 3.05) is 0 Å². The fourth-order valence-electron chi connectivity index (χ4n) is 0.336. The maximum absolute atomic E-state index is 11.9. The summed E-state index contributed by atoms with van der Waals surface area (Å²) in [4.78, 5) is 5.57. The first-order chi connectivity index (χ1) is 15.7. The minimum atomic E-state index is -1.16. The van der Waals surface area contributed by atoms with Gasteiger partial charge in [-0.2, -0.15) is 0 Å². The zero-order valence-corrected chi connectivity index (χ0v) is 31.4. The maximum Gasteiger partial charge on any atom is 0.152 e. The third-order valence-electron chi connectivity index (χ3n) is 3.69.